The molecule has 198 valence electrons. The summed E-state index contributed by atoms with van der Waals surface area (Å²) in [5.74, 6) is 2.30. The molecule has 8 heteroatoms. The van der Waals surface area contributed by atoms with Crippen molar-refractivity contribution in [2.45, 2.75) is 83.0 Å². The third-order valence-corrected chi connectivity index (χ3v) is 7.57. The zero-order chi connectivity index (χ0) is 25.5. The second-order valence-electron chi connectivity index (χ2n) is 11.0. The number of anilines is 2. The Morgan fingerprint density at radius 3 is 2.67 bits per heavy atom. The van der Waals surface area contributed by atoms with Crippen molar-refractivity contribution >= 4 is 23.2 Å². The molecule has 36 heavy (non-hydrogen) atoms. The fraction of sp³-hybridized carbons (Fsp3) is 0.643. The fourth-order valence-corrected chi connectivity index (χ4v) is 5.69. The molecule has 0 amide bonds. The largest absolute Gasteiger partial charge is 0.383 e. The van der Waals surface area contributed by atoms with Crippen LogP contribution in [-0.2, 0) is 9.47 Å². The Labute approximate surface area is 221 Å². The van der Waals surface area contributed by atoms with Gasteiger partial charge in [0.1, 0.15) is 11.6 Å². The Balaban J connectivity index is 1.34. The average Bonchev–Trinajstić information content (AvgIpc) is 2.85. The highest BCUT2D eigenvalue weighted by atomic mass is 35.5. The summed E-state index contributed by atoms with van der Waals surface area (Å²) in [5, 5.41) is 11.4. The number of pyridine rings is 2. The monoisotopic (exact) mass is 515 g/mol. The smallest absolute Gasteiger partial charge is 0.126 e. The van der Waals surface area contributed by atoms with Gasteiger partial charge >= 0.3 is 0 Å². The van der Waals surface area contributed by atoms with Gasteiger partial charge in [-0.05, 0) is 83.4 Å². The predicted octanol–water partition coefficient (Wildman–Crippen LogP) is 5.76. The van der Waals surface area contributed by atoms with Crippen molar-refractivity contribution in [2.75, 3.05) is 37.5 Å². The van der Waals surface area contributed by atoms with Gasteiger partial charge in [-0.15, -0.1) is 0 Å². The maximum Gasteiger partial charge on any atom is 0.126 e. The summed E-state index contributed by atoms with van der Waals surface area (Å²) in [6.07, 6.45) is 8.36. The summed E-state index contributed by atoms with van der Waals surface area (Å²) >= 11 is 6.57. The van der Waals surface area contributed by atoms with Gasteiger partial charge in [0.25, 0.3) is 0 Å². The van der Waals surface area contributed by atoms with Crippen LogP contribution in [0.5, 0.6) is 0 Å². The molecule has 2 aromatic rings. The SMILES string of the molecule is COC[C@H](C)NC1CCC(Nc2cc(-c3cccc(NC[C@@H]4CCOC(C)(C)C4)n3)c(Cl)cn2)CC1. The molecule has 0 spiro atoms. The molecule has 1 aliphatic carbocycles. The van der Waals surface area contributed by atoms with Crippen LogP contribution in [0.4, 0.5) is 11.6 Å². The molecular weight excluding hydrogens is 474 g/mol. The lowest BCUT2D eigenvalue weighted by molar-refractivity contribution is -0.0699. The minimum absolute atomic E-state index is 0.0496. The summed E-state index contributed by atoms with van der Waals surface area (Å²) in [6.45, 7) is 8.97. The van der Waals surface area contributed by atoms with Gasteiger partial charge in [-0.2, -0.15) is 0 Å². The predicted molar refractivity (Wildman–Crippen MR) is 148 cm³/mol. The molecule has 1 saturated carbocycles. The summed E-state index contributed by atoms with van der Waals surface area (Å²) in [4.78, 5) is 9.42. The lowest BCUT2D eigenvalue weighted by Gasteiger charge is -2.35. The highest BCUT2D eigenvalue weighted by molar-refractivity contribution is 6.33. The van der Waals surface area contributed by atoms with E-state index in [9.17, 15) is 0 Å². The maximum atomic E-state index is 6.57. The van der Waals surface area contributed by atoms with Crippen LogP contribution >= 0.6 is 11.6 Å². The number of nitrogens with zero attached hydrogens (tertiary/aromatic N) is 2. The highest BCUT2D eigenvalue weighted by Crippen LogP contribution is 2.31. The topological polar surface area (TPSA) is 80.3 Å². The molecule has 1 aliphatic heterocycles. The van der Waals surface area contributed by atoms with Crippen molar-refractivity contribution in [3.05, 3.63) is 35.5 Å². The molecule has 7 nitrogen and oxygen atoms in total. The van der Waals surface area contributed by atoms with E-state index in [1.165, 1.54) is 0 Å². The minimum atomic E-state index is -0.0496. The Bertz CT molecular complexity index is 980. The van der Waals surface area contributed by atoms with Crippen LogP contribution in [0.1, 0.15) is 59.3 Å². The number of ether oxygens (including phenoxy) is 2. The molecule has 0 aromatic carbocycles. The average molecular weight is 516 g/mol. The van der Waals surface area contributed by atoms with Crippen molar-refractivity contribution < 1.29 is 9.47 Å². The standard InChI is InChI=1S/C28H42ClN5O2/c1-19(18-35-4)32-21-8-10-22(11-9-21)33-27-14-23(24(29)17-31-27)25-6-5-7-26(34-25)30-16-20-12-13-36-28(2,3)15-20/h5-7,14,17,19-22,32H,8-13,15-16,18H2,1-4H3,(H,30,34)(H,31,33)/t19-,20+,21?,22?/m0/s1. The molecule has 2 aliphatic rings. The zero-order valence-corrected chi connectivity index (χ0v) is 22.9. The summed E-state index contributed by atoms with van der Waals surface area (Å²) in [6, 6.07) is 9.42. The first kappa shape index (κ1) is 27.1. The number of methoxy groups -OCH3 is 1. The fourth-order valence-electron chi connectivity index (χ4n) is 5.49. The van der Waals surface area contributed by atoms with E-state index >= 15 is 0 Å². The van der Waals surface area contributed by atoms with E-state index in [1.54, 1.807) is 13.3 Å². The van der Waals surface area contributed by atoms with E-state index in [2.05, 4.69) is 41.7 Å². The maximum absolute atomic E-state index is 6.57. The second-order valence-corrected chi connectivity index (χ2v) is 11.4. The molecule has 0 bridgehead atoms. The molecule has 2 aromatic heterocycles. The number of aromatic nitrogens is 2. The number of halogens is 1. The molecule has 1 saturated heterocycles. The van der Waals surface area contributed by atoms with E-state index in [0.717, 1.165) is 81.2 Å². The van der Waals surface area contributed by atoms with Crippen molar-refractivity contribution in [1.82, 2.24) is 15.3 Å². The lowest BCUT2D eigenvalue weighted by atomic mass is 9.88. The summed E-state index contributed by atoms with van der Waals surface area (Å²) in [5.41, 5.74) is 1.70. The normalized spacial score (nSPS) is 24.8. The van der Waals surface area contributed by atoms with Crippen molar-refractivity contribution in [3.8, 4) is 11.3 Å². The van der Waals surface area contributed by atoms with E-state index in [0.29, 0.717) is 29.1 Å². The van der Waals surface area contributed by atoms with Gasteiger partial charge in [-0.3, -0.25) is 0 Å². The zero-order valence-electron chi connectivity index (χ0n) is 22.1. The van der Waals surface area contributed by atoms with Crippen LogP contribution in [0.3, 0.4) is 0 Å². The van der Waals surface area contributed by atoms with Crippen LogP contribution in [0.2, 0.25) is 5.02 Å². The highest BCUT2D eigenvalue weighted by Gasteiger charge is 2.28. The van der Waals surface area contributed by atoms with E-state index in [1.807, 2.05) is 24.3 Å². The third kappa shape index (κ3) is 7.78. The van der Waals surface area contributed by atoms with Crippen LogP contribution in [-0.4, -0.2) is 60.6 Å². The van der Waals surface area contributed by atoms with Gasteiger partial charge in [0.15, 0.2) is 0 Å². The van der Waals surface area contributed by atoms with Crippen LogP contribution in [0.15, 0.2) is 30.5 Å². The number of nitrogens with one attached hydrogen (secondary N) is 3. The minimum Gasteiger partial charge on any atom is -0.383 e. The lowest BCUT2D eigenvalue weighted by Crippen LogP contribution is -2.42. The molecule has 0 unspecified atom stereocenters. The van der Waals surface area contributed by atoms with Gasteiger partial charge < -0.3 is 25.4 Å². The van der Waals surface area contributed by atoms with Crippen molar-refractivity contribution in [1.29, 1.82) is 0 Å². The molecule has 2 fully saturated rings. The Morgan fingerprint density at radius 1 is 1.14 bits per heavy atom. The Kier molecular flexibility index (Phi) is 9.45. The molecular formula is C28H42ClN5O2. The van der Waals surface area contributed by atoms with E-state index in [-0.39, 0.29) is 5.60 Å². The second kappa shape index (κ2) is 12.5. The quantitative estimate of drug-likeness (QED) is 0.371. The van der Waals surface area contributed by atoms with Gasteiger partial charge in [-0.1, -0.05) is 17.7 Å². The van der Waals surface area contributed by atoms with Gasteiger partial charge in [0.05, 0.1) is 22.9 Å². The third-order valence-electron chi connectivity index (χ3n) is 7.27. The summed E-state index contributed by atoms with van der Waals surface area (Å²) in [7, 11) is 1.75. The first-order valence-corrected chi connectivity index (χ1v) is 13.7. The van der Waals surface area contributed by atoms with Gasteiger partial charge in [-0.25, -0.2) is 9.97 Å². The number of hydrogen-bond donors (Lipinski definition) is 3. The van der Waals surface area contributed by atoms with Crippen LogP contribution in [0, 0.1) is 5.92 Å². The first-order valence-electron chi connectivity index (χ1n) is 13.3. The van der Waals surface area contributed by atoms with Crippen molar-refractivity contribution in [2.24, 2.45) is 5.92 Å². The van der Waals surface area contributed by atoms with Crippen molar-refractivity contribution in [3.63, 3.8) is 0 Å². The molecule has 3 N–H and O–H groups in total. The summed E-state index contributed by atoms with van der Waals surface area (Å²) < 4.78 is 11.1. The van der Waals surface area contributed by atoms with E-state index < -0.39 is 0 Å². The molecule has 2 atom stereocenters. The molecule has 3 heterocycles. The Hall–Kier alpha value is -1.93. The van der Waals surface area contributed by atoms with Crippen LogP contribution < -0.4 is 16.0 Å². The van der Waals surface area contributed by atoms with Gasteiger partial charge in [0, 0.05) is 50.1 Å². The number of rotatable bonds is 10. The van der Waals surface area contributed by atoms with Crippen LogP contribution in [0.25, 0.3) is 11.3 Å². The first-order chi connectivity index (χ1) is 17.3. The number of hydrogen-bond acceptors (Lipinski definition) is 7. The molecule has 0 radical (unpaired) electrons. The van der Waals surface area contributed by atoms with E-state index in [4.69, 9.17) is 26.1 Å². The van der Waals surface area contributed by atoms with Gasteiger partial charge in [0.2, 0.25) is 0 Å². The molecule has 4 rings (SSSR count). The Morgan fingerprint density at radius 2 is 1.92 bits per heavy atom.